The SMILES string of the molecule is CCOc1cc2c(cc1CNC(=O)[C@@H](N)Cc1ccccc1)OC(C)C2. The van der Waals surface area contributed by atoms with Crippen molar-refractivity contribution in [2.75, 3.05) is 6.61 Å². The molecule has 3 rings (SSSR count). The van der Waals surface area contributed by atoms with E-state index >= 15 is 0 Å². The van der Waals surface area contributed by atoms with Crippen LogP contribution in [0.25, 0.3) is 0 Å². The van der Waals surface area contributed by atoms with Gasteiger partial charge in [0.15, 0.2) is 0 Å². The fourth-order valence-corrected chi connectivity index (χ4v) is 3.18. The summed E-state index contributed by atoms with van der Waals surface area (Å²) in [4.78, 5) is 12.4. The highest BCUT2D eigenvalue weighted by Crippen LogP contribution is 2.35. The third-order valence-corrected chi connectivity index (χ3v) is 4.47. The van der Waals surface area contributed by atoms with Gasteiger partial charge in [0.1, 0.15) is 17.6 Å². The Morgan fingerprint density at radius 1 is 1.35 bits per heavy atom. The number of benzene rings is 2. The lowest BCUT2D eigenvalue weighted by Gasteiger charge is -2.15. The van der Waals surface area contributed by atoms with Crippen molar-refractivity contribution >= 4 is 5.91 Å². The third-order valence-electron chi connectivity index (χ3n) is 4.47. The topological polar surface area (TPSA) is 73.6 Å². The van der Waals surface area contributed by atoms with Gasteiger partial charge in [0, 0.05) is 24.1 Å². The summed E-state index contributed by atoms with van der Waals surface area (Å²) in [6, 6.07) is 13.2. The Labute approximate surface area is 154 Å². The molecule has 5 heteroatoms. The first-order valence-corrected chi connectivity index (χ1v) is 9.09. The predicted molar refractivity (Wildman–Crippen MR) is 101 cm³/mol. The smallest absolute Gasteiger partial charge is 0.237 e. The molecule has 0 aliphatic carbocycles. The van der Waals surface area contributed by atoms with Crippen LogP contribution in [0.15, 0.2) is 42.5 Å². The molecule has 3 N–H and O–H groups in total. The van der Waals surface area contributed by atoms with Gasteiger partial charge in [-0.05, 0) is 38.0 Å². The molecule has 0 spiro atoms. The van der Waals surface area contributed by atoms with Crippen LogP contribution in [-0.2, 0) is 24.2 Å². The van der Waals surface area contributed by atoms with Crippen LogP contribution in [0, 0.1) is 0 Å². The molecule has 0 saturated carbocycles. The van der Waals surface area contributed by atoms with Gasteiger partial charge in [0.25, 0.3) is 0 Å². The van der Waals surface area contributed by atoms with Crippen LogP contribution in [0.1, 0.15) is 30.5 Å². The highest BCUT2D eigenvalue weighted by atomic mass is 16.5. The van der Waals surface area contributed by atoms with Gasteiger partial charge < -0.3 is 20.5 Å². The van der Waals surface area contributed by atoms with E-state index in [1.807, 2.05) is 56.3 Å². The van der Waals surface area contributed by atoms with E-state index < -0.39 is 6.04 Å². The van der Waals surface area contributed by atoms with Gasteiger partial charge >= 0.3 is 0 Å². The van der Waals surface area contributed by atoms with E-state index in [4.69, 9.17) is 15.2 Å². The van der Waals surface area contributed by atoms with E-state index in [2.05, 4.69) is 5.32 Å². The fraction of sp³-hybridized carbons (Fsp3) is 0.381. The predicted octanol–water partition coefficient (Wildman–Crippen LogP) is 2.59. The fourth-order valence-electron chi connectivity index (χ4n) is 3.18. The molecule has 2 aromatic carbocycles. The second kappa shape index (κ2) is 8.23. The van der Waals surface area contributed by atoms with Crippen molar-refractivity contribution in [3.8, 4) is 11.5 Å². The van der Waals surface area contributed by atoms with Gasteiger partial charge in [-0.15, -0.1) is 0 Å². The molecule has 1 aliphatic rings. The van der Waals surface area contributed by atoms with Gasteiger partial charge in [-0.2, -0.15) is 0 Å². The first-order chi connectivity index (χ1) is 12.6. The van der Waals surface area contributed by atoms with Gasteiger partial charge in [-0.3, -0.25) is 4.79 Å². The highest BCUT2D eigenvalue weighted by Gasteiger charge is 2.22. The summed E-state index contributed by atoms with van der Waals surface area (Å²) >= 11 is 0. The number of hydrogen-bond acceptors (Lipinski definition) is 4. The number of rotatable bonds is 7. The molecule has 1 amide bonds. The first-order valence-electron chi connectivity index (χ1n) is 9.09. The third kappa shape index (κ3) is 4.35. The summed E-state index contributed by atoms with van der Waals surface area (Å²) in [5.74, 6) is 1.49. The average molecular weight is 354 g/mol. The second-order valence-corrected chi connectivity index (χ2v) is 6.65. The zero-order chi connectivity index (χ0) is 18.5. The Kier molecular flexibility index (Phi) is 5.78. The van der Waals surface area contributed by atoms with Gasteiger partial charge in [-0.1, -0.05) is 30.3 Å². The number of carbonyl (C=O) groups is 1. The number of amides is 1. The first kappa shape index (κ1) is 18.3. The van der Waals surface area contributed by atoms with Crippen LogP contribution in [0.2, 0.25) is 0 Å². The zero-order valence-corrected chi connectivity index (χ0v) is 15.3. The van der Waals surface area contributed by atoms with Crippen LogP contribution in [0.4, 0.5) is 0 Å². The molecule has 0 radical (unpaired) electrons. The van der Waals surface area contributed by atoms with Crippen LogP contribution < -0.4 is 20.5 Å². The Morgan fingerprint density at radius 2 is 2.12 bits per heavy atom. The number of nitrogens with two attached hydrogens (primary N) is 1. The van der Waals surface area contributed by atoms with Crippen molar-refractivity contribution < 1.29 is 14.3 Å². The average Bonchev–Trinajstić information content (AvgIpc) is 2.99. The summed E-state index contributed by atoms with van der Waals surface area (Å²) in [5, 5.41) is 2.92. The molecule has 5 nitrogen and oxygen atoms in total. The van der Waals surface area contributed by atoms with Crippen molar-refractivity contribution in [3.05, 3.63) is 59.2 Å². The van der Waals surface area contributed by atoms with Crippen molar-refractivity contribution in [2.45, 2.75) is 45.4 Å². The molecular formula is C21H26N2O3. The monoisotopic (exact) mass is 354 g/mol. The number of fused-ring (bicyclic) bond motifs is 1. The van der Waals surface area contributed by atoms with Gasteiger partial charge in [-0.25, -0.2) is 0 Å². The molecule has 2 atom stereocenters. The molecule has 2 aromatic rings. The Hall–Kier alpha value is -2.53. The zero-order valence-electron chi connectivity index (χ0n) is 15.3. The summed E-state index contributed by atoms with van der Waals surface area (Å²) in [5.41, 5.74) is 9.15. The van der Waals surface area contributed by atoms with Crippen LogP contribution >= 0.6 is 0 Å². The molecule has 1 aliphatic heterocycles. The summed E-state index contributed by atoms with van der Waals surface area (Å²) in [7, 11) is 0. The maximum Gasteiger partial charge on any atom is 0.237 e. The summed E-state index contributed by atoms with van der Waals surface area (Å²) < 4.78 is 11.6. The number of hydrogen-bond donors (Lipinski definition) is 2. The molecular weight excluding hydrogens is 328 g/mol. The number of ether oxygens (including phenoxy) is 2. The van der Waals surface area contributed by atoms with Crippen LogP contribution in [-0.4, -0.2) is 24.7 Å². The molecule has 1 unspecified atom stereocenters. The van der Waals surface area contributed by atoms with E-state index in [1.165, 1.54) is 0 Å². The Balaban J connectivity index is 1.65. The molecule has 0 saturated heterocycles. The van der Waals surface area contributed by atoms with E-state index in [0.29, 0.717) is 19.6 Å². The second-order valence-electron chi connectivity index (χ2n) is 6.65. The van der Waals surface area contributed by atoms with E-state index in [-0.39, 0.29) is 12.0 Å². The van der Waals surface area contributed by atoms with E-state index in [0.717, 1.165) is 34.6 Å². The molecule has 0 fully saturated rings. The Bertz CT molecular complexity index is 761. The lowest BCUT2D eigenvalue weighted by atomic mass is 10.0. The molecule has 0 bridgehead atoms. The lowest BCUT2D eigenvalue weighted by Crippen LogP contribution is -2.41. The number of carbonyl (C=O) groups excluding carboxylic acids is 1. The van der Waals surface area contributed by atoms with Crippen molar-refractivity contribution in [1.82, 2.24) is 5.32 Å². The van der Waals surface area contributed by atoms with Crippen molar-refractivity contribution in [2.24, 2.45) is 5.73 Å². The minimum Gasteiger partial charge on any atom is -0.494 e. The molecule has 1 heterocycles. The number of nitrogens with one attached hydrogen (secondary N) is 1. The molecule has 138 valence electrons. The minimum absolute atomic E-state index is 0.170. The molecule has 0 aromatic heterocycles. The van der Waals surface area contributed by atoms with Gasteiger partial charge in [0.05, 0.1) is 12.6 Å². The largest absolute Gasteiger partial charge is 0.494 e. The normalized spacial score (nSPS) is 16.5. The quantitative estimate of drug-likeness (QED) is 0.802. The van der Waals surface area contributed by atoms with Crippen molar-refractivity contribution in [1.29, 1.82) is 0 Å². The Morgan fingerprint density at radius 3 is 2.85 bits per heavy atom. The summed E-state index contributed by atoms with van der Waals surface area (Å²) in [6.07, 6.45) is 1.56. The van der Waals surface area contributed by atoms with E-state index in [1.54, 1.807) is 0 Å². The van der Waals surface area contributed by atoms with Crippen LogP contribution in [0.3, 0.4) is 0 Å². The van der Waals surface area contributed by atoms with Crippen LogP contribution in [0.5, 0.6) is 11.5 Å². The lowest BCUT2D eigenvalue weighted by molar-refractivity contribution is -0.122. The standard InChI is InChI=1S/C21H26N2O3/c1-3-25-19-11-16-9-14(2)26-20(16)12-17(19)13-23-21(24)18(22)10-15-7-5-4-6-8-15/h4-8,11-12,14,18H,3,9-10,13,22H2,1-2H3,(H,23,24)/t14?,18-/m0/s1. The minimum atomic E-state index is -0.585. The summed E-state index contributed by atoms with van der Waals surface area (Å²) in [6.45, 7) is 4.93. The highest BCUT2D eigenvalue weighted by molar-refractivity contribution is 5.81. The maximum absolute atomic E-state index is 12.4. The molecule has 26 heavy (non-hydrogen) atoms. The maximum atomic E-state index is 12.4. The van der Waals surface area contributed by atoms with Crippen molar-refractivity contribution in [3.63, 3.8) is 0 Å². The van der Waals surface area contributed by atoms with E-state index in [9.17, 15) is 4.79 Å². The van der Waals surface area contributed by atoms with Gasteiger partial charge in [0.2, 0.25) is 5.91 Å².